The van der Waals surface area contributed by atoms with Crippen LogP contribution >= 0.6 is 0 Å². The Kier molecular flexibility index (Phi) is 4.17. The minimum absolute atomic E-state index is 0.0296. The van der Waals surface area contributed by atoms with E-state index in [4.69, 9.17) is 0 Å². The van der Waals surface area contributed by atoms with Gasteiger partial charge in [0.2, 0.25) is 0 Å². The van der Waals surface area contributed by atoms with Crippen LogP contribution in [0, 0.1) is 6.92 Å². The molecular formula is C16H20N2O. The van der Waals surface area contributed by atoms with Crippen molar-refractivity contribution in [2.45, 2.75) is 20.8 Å². The number of rotatable bonds is 4. The van der Waals surface area contributed by atoms with Crippen LogP contribution in [-0.4, -0.2) is 24.0 Å². The number of carbonyl (C=O) groups is 1. The highest BCUT2D eigenvalue weighted by Crippen LogP contribution is 2.22. The summed E-state index contributed by atoms with van der Waals surface area (Å²) < 4.78 is 0. The molecule has 0 heterocycles. The van der Waals surface area contributed by atoms with Gasteiger partial charge < -0.3 is 0 Å². The Bertz CT molecular complexity index is 588. The van der Waals surface area contributed by atoms with Gasteiger partial charge in [0.1, 0.15) is 0 Å². The summed E-state index contributed by atoms with van der Waals surface area (Å²) in [5, 5.41) is 4.01. The van der Waals surface area contributed by atoms with Crippen LogP contribution in [0.4, 0.5) is 0 Å². The van der Waals surface area contributed by atoms with E-state index in [1.807, 2.05) is 56.1 Å². The first kappa shape index (κ1) is 13.6. The van der Waals surface area contributed by atoms with Gasteiger partial charge in [-0.2, -0.15) is 0 Å². The molecule has 19 heavy (non-hydrogen) atoms. The molecule has 2 aromatic carbocycles. The Morgan fingerprint density at radius 3 is 2.47 bits per heavy atom. The molecule has 2 aromatic rings. The topological polar surface area (TPSA) is 32.3 Å². The molecule has 0 radical (unpaired) electrons. The zero-order valence-corrected chi connectivity index (χ0v) is 11.7. The first-order valence-electron chi connectivity index (χ1n) is 6.71. The van der Waals surface area contributed by atoms with Crippen LogP contribution in [0.1, 0.15) is 29.8 Å². The summed E-state index contributed by atoms with van der Waals surface area (Å²) in [7, 11) is 0. The smallest absolute Gasteiger partial charge is 0.266 e. The van der Waals surface area contributed by atoms with Crippen LogP contribution in [0.2, 0.25) is 0 Å². The number of amides is 1. The third kappa shape index (κ3) is 2.76. The number of fused-ring (bicyclic) bond motifs is 1. The van der Waals surface area contributed by atoms with E-state index in [9.17, 15) is 4.79 Å². The van der Waals surface area contributed by atoms with Crippen molar-refractivity contribution >= 4 is 16.7 Å². The number of nitrogens with one attached hydrogen (secondary N) is 1. The molecule has 1 amide bonds. The monoisotopic (exact) mass is 256 g/mol. The highest BCUT2D eigenvalue weighted by molar-refractivity contribution is 6.08. The molecule has 100 valence electrons. The Balaban J connectivity index is 2.43. The maximum absolute atomic E-state index is 12.5. The van der Waals surface area contributed by atoms with Gasteiger partial charge in [-0.15, -0.1) is 0 Å². The molecular weight excluding hydrogens is 236 g/mol. The van der Waals surface area contributed by atoms with Crippen LogP contribution in [0.15, 0.2) is 36.4 Å². The lowest BCUT2D eigenvalue weighted by Gasteiger charge is -2.20. The molecule has 0 aliphatic rings. The molecule has 3 heteroatoms. The quantitative estimate of drug-likeness (QED) is 0.852. The van der Waals surface area contributed by atoms with Gasteiger partial charge in [0.15, 0.2) is 0 Å². The van der Waals surface area contributed by atoms with Crippen LogP contribution in [0.5, 0.6) is 0 Å². The van der Waals surface area contributed by atoms with Gasteiger partial charge in [-0.25, -0.2) is 5.01 Å². The van der Waals surface area contributed by atoms with E-state index in [0.29, 0.717) is 0 Å². The molecule has 2 rings (SSSR count). The predicted octanol–water partition coefficient (Wildman–Crippen LogP) is 3.13. The maximum atomic E-state index is 12.5. The van der Waals surface area contributed by atoms with Crippen molar-refractivity contribution in [3.05, 3.63) is 47.5 Å². The van der Waals surface area contributed by atoms with Crippen molar-refractivity contribution in [3.8, 4) is 0 Å². The number of nitrogens with zero attached hydrogens (tertiary/aromatic N) is 1. The molecule has 3 nitrogen and oxygen atoms in total. The molecule has 0 saturated heterocycles. The van der Waals surface area contributed by atoms with Gasteiger partial charge in [0, 0.05) is 13.1 Å². The van der Waals surface area contributed by atoms with Crippen LogP contribution < -0.4 is 5.43 Å². The molecule has 0 fully saturated rings. The molecule has 0 aliphatic heterocycles. The number of hydrazine groups is 1. The number of hydrogen-bond donors (Lipinski definition) is 1. The summed E-state index contributed by atoms with van der Waals surface area (Å²) >= 11 is 0. The van der Waals surface area contributed by atoms with Gasteiger partial charge >= 0.3 is 0 Å². The fourth-order valence-corrected chi connectivity index (χ4v) is 2.26. The summed E-state index contributed by atoms with van der Waals surface area (Å²) in [4.78, 5) is 12.5. The van der Waals surface area contributed by atoms with Crippen molar-refractivity contribution in [2.24, 2.45) is 0 Å². The normalized spacial score (nSPS) is 10.9. The van der Waals surface area contributed by atoms with Crippen LogP contribution in [-0.2, 0) is 0 Å². The summed E-state index contributed by atoms with van der Waals surface area (Å²) in [5.41, 5.74) is 4.73. The maximum Gasteiger partial charge on any atom is 0.266 e. The molecule has 0 aromatic heterocycles. The van der Waals surface area contributed by atoms with Gasteiger partial charge in [-0.1, -0.05) is 50.2 Å². The Morgan fingerprint density at radius 1 is 1.11 bits per heavy atom. The summed E-state index contributed by atoms with van der Waals surface area (Å²) in [6.07, 6.45) is 0. The van der Waals surface area contributed by atoms with E-state index in [-0.39, 0.29) is 5.91 Å². The SMILES string of the molecule is CCN(CC)NC(=O)c1c(C)ccc2ccccc12. The third-order valence-electron chi connectivity index (χ3n) is 3.39. The lowest BCUT2D eigenvalue weighted by molar-refractivity contribution is 0.0807. The molecule has 0 aliphatic carbocycles. The van der Waals surface area contributed by atoms with Gasteiger partial charge in [-0.05, 0) is 23.3 Å². The second-order valence-corrected chi connectivity index (χ2v) is 4.59. The van der Waals surface area contributed by atoms with Crippen molar-refractivity contribution in [3.63, 3.8) is 0 Å². The zero-order chi connectivity index (χ0) is 13.8. The van der Waals surface area contributed by atoms with E-state index in [0.717, 1.165) is 35.0 Å². The minimum Gasteiger partial charge on any atom is -0.285 e. The Morgan fingerprint density at radius 2 is 1.79 bits per heavy atom. The number of carbonyl (C=O) groups excluding carboxylic acids is 1. The highest BCUT2D eigenvalue weighted by Gasteiger charge is 2.14. The summed E-state index contributed by atoms with van der Waals surface area (Å²) in [5.74, 6) is -0.0296. The summed E-state index contributed by atoms with van der Waals surface area (Å²) in [6.45, 7) is 7.63. The molecule has 1 N–H and O–H groups in total. The molecule has 0 saturated carbocycles. The standard InChI is InChI=1S/C16H20N2O/c1-4-18(5-2)17-16(19)15-12(3)10-11-13-8-6-7-9-14(13)15/h6-11H,4-5H2,1-3H3,(H,17,19). The first-order chi connectivity index (χ1) is 9.17. The number of aryl methyl sites for hydroxylation is 1. The minimum atomic E-state index is -0.0296. The lowest BCUT2D eigenvalue weighted by atomic mass is 9.99. The molecule has 0 unspecified atom stereocenters. The zero-order valence-electron chi connectivity index (χ0n) is 11.7. The van der Waals surface area contributed by atoms with E-state index < -0.39 is 0 Å². The Hall–Kier alpha value is -1.87. The molecule has 0 bridgehead atoms. The lowest BCUT2D eigenvalue weighted by Crippen LogP contribution is -2.42. The second kappa shape index (κ2) is 5.85. The first-order valence-corrected chi connectivity index (χ1v) is 6.71. The van der Waals surface area contributed by atoms with Gasteiger partial charge in [0.25, 0.3) is 5.91 Å². The average Bonchev–Trinajstić information content (AvgIpc) is 2.44. The van der Waals surface area contributed by atoms with E-state index in [2.05, 4.69) is 11.5 Å². The summed E-state index contributed by atoms with van der Waals surface area (Å²) in [6, 6.07) is 12.0. The van der Waals surface area contributed by atoms with Gasteiger partial charge in [-0.3, -0.25) is 10.2 Å². The number of hydrogen-bond acceptors (Lipinski definition) is 2. The third-order valence-corrected chi connectivity index (χ3v) is 3.39. The van der Waals surface area contributed by atoms with Crippen LogP contribution in [0.3, 0.4) is 0 Å². The Labute approximate surface area is 114 Å². The second-order valence-electron chi connectivity index (χ2n) is 4.59. The average molecular weight is 256 g/mol. The predicted molar refractivity (Wildman–Crippen MR) is 79.1 cm³/mol. The van der Waals surface area contributed by atoms with Crippen LogP contribution in [0.25, 0.3) is 10.8 Å². The van der Waals surface area contributed by atoms with Crippen molar-refractivity contribution in [1.82, 2.24) is 10.4 Å². The fraction of sp³-hybridized carbons (Fsp3) is 0.312. The molecule has 0 spiro atoms. The molecule has 0 atom stereocenters. The highest BCUT2D eigenvalue weighted by atomic mass is 16.2. The van der Waals surface area contributed by atoms with Crippen molar-refractivity contribution in [1.29, 1.82) is 0 Å². The van der Waals surface area contributed by atoms with Gasteiger partial charge in [0.05, 0.1) is 5.56 Å². The van der Waals surface area contributed by atoms with E-state index >= 15 is 0 Å². The largest absolute Gasteiger partial charge is 0.285 e. The fourth-order valence-electron chi connectivity index (χ4n) is 2.26. The van der Waals surface area contributed by atoms with Crippen molar-refractivity contribution < 1.29 is 4.79 Å². The van der Waals surface area contributed by atoms with E-state index in [1.54, 1.807) is 0 Å². The van der Waals surface area contributed by atoms with E-state index in [1.165, 1.54) is 0 Å². The number of benzene rings is 2. The van der Waals surface area contributed by atoms with Crippen molar-refractivity contribution in [2.75, 3.05) is 13.1 Å².